The van der Waals surface area contributed by atoms with Crippen molar-refractivity contribution < 1.29 is 13.2 Å². The molecule has 1 heterocycles. The molecule has 4 aromatic rings. The molecule has 3 nitrogen and oxygen atoms in total. The highest BCUT2D eigenvalue weighted by Crippen LogP contribution is 2.45. The van der Waals surface area contributed by atoms with Gasteiger partial charge in [-0.05, 0) is 22.8 Å². The quantitative estimate of drug-likeness (QED) is 0.495. The Morgan fingerprint density at radius 3 is 1.68 bits per heavy atom. The number of nitrogens with one attached hydrogen (secondary N) is 1. The number of aromatic nitrogens is 3. The van der Waals surface area contributed by atoms with Gasteiger partial charge in [0, 0.05) is 0 Å². The second kappa shape index (κ2) is 6.96. The number of nitrogens with zero attached hydrogens (tertiary/aromatic N) is 2. The zero-order valence-corrected chi connectivity index (χ0v) is 14.7. The number of H-pyrrole nitrogens is 1. The van der Waals surface area contributed by atoms with E-state index in [4.69, 9.17) is 0 Å². The summed E-state index contributed by atoms with van der Waals surface area (Å²) in [6, 6.07) is 24.2. The monoisotopic (exact) mass is 379 g/mol. The highest BCUT2D eigenvalue weighted by atomic mass is 19.4. The SMILES string of the molecule is FC(F)(F)c1cccc(C(c2ccccc2)(c2ccccc2)c2cnn[nH]2)c1. The molecule has 0 unspecified atom stereocenters. The van der Waals surface area contributed by atoms with Crippen LogP contribution in [0.4, 0.5) is 13.2 Å². The van der Waals surface area contributed by atoms with E-state index in [1.54, 1.807) is 12.3 Å². The molecule has 0 aliphatic carbocycles. The van der Waals surface area contributed by atoms with Gasteiger partial charge in [0.2, 0.25) is 0 Å². The molecule has 0 fully saturated rings. The number of hydrogen-bond acceptors (Lipinski definition) is 2. The number of rotatable bonds is 4. The van der Waals surface area contributed by atoms with Gasteiger partial charge in [-0.25, -0.2) is 0 Å². The molecule has 4 rings (SSSR count). The molecule has 28 heavy (non-hydrogen) atoms. The molecule has 0 atom stereocenters. The van der Waals surface area contributed by atoms with Crippen LogP contribution in [-0.4, -0.2) is 15.4 Å². The number of halogens is 3. The van der Waals surface area contributed by atoms with Gasteiger partial charge in [0.15, 0.2) is 0 Å². The fourth-order valence-corrected chi connectivity index (χ4v) is 3.65. The highest BCUT2D eigenvalue weighted by Gasteiger charge is 2.41. The summed E-state index contributed by atoms with van der Waals surface area (Å²) in [5, 5.41) is 10.6. The van der Waals surface area contributed by atoms with Gasteiger partial charge in [0.25, 0.3) is 0 Å². The van der Waals surface area contributed by atoms with Crippen molar-refractivity contribution in [2.75, 3.05) is 0 Å². The van der Waals surface area contributed by atoms with Crippen LogP contribution in [0.2, 0.25) is 0 Å². The van der Waals surface area contributed by atoms with Gasteiger partial charge in [-0.3, -0.25) is 5.10 Å². The average molecular weight is 379 g/mol. The van der Waals surface area contributed by atoms with Crippen molar-refractivity contribution in [3.63, 3.8) is 0 Å². The van der Waals surface area contributed by atoms with Gasteiger partial charge in [0.05, 0.1) is 22.9 Å². The molecule has 0 amide bonds. The summed E-state index contributed by atoms with van der Waals surface area (Å²) in [4.78, 5) is 0. The van der Waals surface area contributed by atoms with Crippen molar-refractivity contribution >= 4 is 0 Å². The summed E-state index contributed by atoms with van der Waals surface area (Å²) in [6.07, 6.45) is -2.89. The molecule has 1 N–H and O–H groups in total. The fourth-order valence-electron chi connectivity index (χ4n) is 3.65. The van der Waals surface area contributed by atoms with E-state index in [1.807, 2.05) is 60.7 Å². The summed E-state index contributed by atoms with van der Waals surface area (Å²) >= 11 is 0. The van der Waals surface area contributed by atoms with E-state index >= 15 is 0 Å². The first-order valence-electron chi connectivity index (χ1n) is 8.68. The first-order valence-corrected chi connectivity index (χ1v) is 8.68. The Morgan fingerprint density at radius 1 is 0.643 bits per heavy atom. The molecule has 3 aromatic carbocycles. The zero-order valence-electron chi connectivity index (χ0n) is 14.7. The van der Waals surface area contributed by atoms with Crippen LogP contribution in [0.5, 0.6) is 0 Å². The van der Waals surface area contributed by atoms with E-state index in [9.17, 15) is 13.2 Å². The van der Waals surface area contributed by atoms with Crippen molar-refractivity contribution in [2.24, 2.45) is 0 Å². The third-order valence-corrected chi connectivity index (χ3v) is 4.86. The van der Waals surface area contributed by atoms with Gasteiger partial charge in [-0.1, -0.05) is 84.1 Å². The Kier molecular flexibility index (Phi) is 4.47. The van der Waals surface area contributed by atoms with E-state index in [-0.39, 0.29) is 0 Å². The first-order chi connectivity index (χ1) is 13.5. The minimum Gasteiger partial charge on any atom is -0.261 e. The first kappa shape index (κ1) is 18.0. The van der Waals surface area contributed by atoms with E-state index in [0.29, 0.717) is 11.3 Å². The number of benzene rings is 3. The van der Waals surface area contributed by atoms with Crippen LogP contribution < -0.4 is 0 Å². The van der Waals surface area contributed by atoms with E-state index in [1.165, 1.54) is 12.1 Å². The van der Waals surface area contributed by atoms with E-state index < -0.39 is 17.2 Å². The van der Waals surface area contributed by atoms with Crippen molar-refractivity contribution in [1.29, 1.82) is 0 Å². The van der Waals surface area contributed by atoms with Crippen LogP contribution in [0, 0.1) is 0 Å². The van der Waals surface area contributed by atoms with Gasteiger partial charge in [-0.2, -0.15) is 13.2 Å². The second-order valence-corrected chi connectivity index (χ2v) is 6.43. The molecule has 0 aliphatic heterocycles. The molecule has 1 aromatic heterocycles. The molecular weight excluding hydrogens is 363 g/mol. The largest absolute Gasteiger partial charge is 0.416 e. The maximum absolute atomic E-state index is 13.5. The third-order valence-electron chi connectivity index (χ3n) is 4.86. The topological polar surface area (TPSA) is 41.6 Å². The molecule has 0 saturated heterocycles. The molecule has 0 bridgehead atoms. The molecule has 0 radical (unpaired) electrons. The van der Waals surface area contributed by atoms with Crippen molar-refractivity contribution in [2.45, 2.75) is 11.6 Å². The van der Waals surface area contributed by atoms with E-state index in [0.717, 1.165) is 17.2 Å². The molecule has 0 saturated carbocycles. The Hall–Kier alpha value is -3.41. The van der Waals surface area contributed by atoms with Crippen LogP contribution in [-0.2, 0) is 11.6 Å². The molecule has 140 valence electrons. The van der Waals surface area contributed by atoms with Crippen molar-refractivity contribution in [1.82, 2.24) is 15.4 Å². The predicted molar refractivity (Wildman–Crippen MR) is 99.7 cm³/mol. The third kappa shape index (κ3) is 2.97. The molecular formula is C22H16F3N3. The lowest BCUT2D eigenvalue weighted by Gasteiger charge is -2.35. The van der Waals surface area contributed by atoms with Crippen LogP contribution in [0.25, 0.3) is 0 Å². The lowest BCUT2D eigenvalue weighted by molar-refractivity contribution is -0.137. The summed E-state index contributed by atoms with van der Waals surface area (Å²) < 4.78 is 40.4. The highest BCUT2D eigenvalue weighted by molar-refractivity contribution is 5.58. The lowest BCUT2D eigenvalue weighted by Crippen LogP contribution is -2.32. The molecule has 0 aliphatic rings. The van der Waals surface area contributed by atoms with Gasteiger partial charge in [0.1, 0.15) is 0 Å². The number of aromatic amines is 1. The van der Waals surface area contributed by atoms with Crippen molar-refractivity contribution in [3.8, 4) is 0 Å². The standard InChI is InChI=1S/C22H16F3N3/c23-22(24,25)19-13-7-12-18(14-19)21(20-15-26-28-27-20,16-8-3-1-4-9-16)17-10-5-2-6-11-17/h1-15H,(H,26,27,28). The summed E-state index contributed by atoms with van der Waals surface area (Å²) in [6.45, 7) is 0. The average Bonchev–Trinajstić information content (AvgIpc) is 3.25. The zero-order chi connectivity index (χ0) is 19.6. The van der Waals surface area contributed by atoms with E-state index in [2.05, 4.69) is 15.4 Å². The second-order valence-electron chi connectivity index (χ2n) is 6.43. The maximum Gasteiger partial charge on any atom is 0.416 e. The minimum atomic E-state index is -4.44. The normalized spacial score (nSPS) is 12.1. The van der Waals surface area contributed by atoms with Crippen LogP contribution in [0.1, 0.15) is 27.9 Å². The van der Waals surface area contributed by atoms with Crippen molar-refractivity contribution in [3.05, 3.63) is 119 Å². The van der Waals surface area contributed by atoms with Gasteiger partial charge in [-0.15, -0.1) is 5.10 Å². The van der Waals surface area contributed by atoms with Crippen LogP contribution in [0.15, 0.2) is 91.1 Å². The molecule has 0 spiro atoms. The Morgan fingerprint density at radius 2 is 1.18 bits per heavy atom. The van der Waals surface area contributed by atoms with Gasteiger partial charge >= 0.3 is 6.18 Å². The van der Waals surface area contributed by atoms with Crippen LogP contribution in [0.3, 0.4) is 0 Å². The summed E-state index contributed by atoms with van der Waals surface area (Å²) in [7, 11) is 0. The minimum absolute atomic E-state index is 0.478. The summed E-state index contributed by atoms with van der Waals surface area (Å²) in [5.74, 6) is 0. The predicted octanol–water partition coefficient (Wildman–Crippen LogP) is 5.21. The Labute approximate surface area is 159 Å². The molecule has 6 heteroatoms. The maximum atomic E-state index is 13.5. The Bertz CT molecular complexity index is 1000. The van der Waals surface area contributed by atoms with Crippen LogP contribution >= 0.6 is 0 Å². The number of alkyl halides is 3. The smallest absolute Gasteiger partial charge is 0.261 e. The van der Waals surface area contributed by atoms with Gasteiger partial charge < -0.3 is 0 Å². The fraction of sp³-hybridized carbons (Fsp3) is 0.0909. The summed E-state index contributed by atoms with van der Waals surface area (Å²) in [5.41, 5.74) is 0.967. The lowest BCUT2D eigenvalue weighted by atomic mass is 9.67. The number of hydrogen-bond donors (Lipinski definition) is 1. The Balaban J connectivity index is 2.10.